The average Bonchev–Trinajstić information content (AvgIpc) is 2.53. The summed E-state index contributed by atoms with van der Waals surface area (Å²) in [4.78, 5) is 34.7. The van der Waals surface area contributed by atoms with Crippen LogP contribution in [0.2, 0.25) is 0 Å². The first-order valence-electron chi connectivity index (χ1n) is 7.49. The summed E-state index contributed by atoms with van der Waals surface area (Å²) >= 11 is 0. The van der Waals surface area contributed by atoms with Crippen LogP contribution >= 0.6 is 0 Å². The van der Waals surface area contributed by atoms with E-state index in [1.54, 1.807) is 50.3 Å². The lowest BCUT2D eigenvalue weighted by Crippen LogP contribution is -2.20. The highest BCUT2D eigenvalue weighted by Gasteiger charge is 2.10. The number of carbonyl (C=O) groups is 3. The molecule has 1 N–H and O–H groups in total. The first-order valence-corrected chi connectivity index (χ1v) is 7.49. The Bertz CT molecular complexity index is 629. The number of hydrogen-bond donors (Lipinski definition) is 1. The maximum Gasteiger partial charge on any atom is 0.338 e. The molecule has 0 aromatic heterocycles. The number of anilines is 1. The molecule has 0 aliphatic heterocycles. The molecule has 0 atom stereocenters. The molecule has 1 rings (SSSR count). The van der Waals surface area contributed by atoms with Gasteiger partial charge < -0.3 is 14.8 Å². The Morgan fingerprint density at radius 2 is 1.79 bits per heavy atom. The molecule has 0 unspecified atom stereocenters. The summed E-state index contributed by atoms with van der Waals surface area (Å²) in [6.45, 7) is 4.95. The molecule has 0 bridgehead atoms. The molecule has 128 valence electrons. The van der Waals surface area contributed by atoms with Gasteiger partial charge in [0.1, 0.15) is 0 Å². The normalized spacial score (nSPS) is 11.0. The first kappa shape index (κ1) is 19.2. The zero-order valence-corrected chi connectivity index (χ0v) is 13.9. The number of rotatable bonds is 7. The number of carbonyl (C=O) groups excluding carboxylic acids is 3. The van der Waals surface area contributed by atoms with Gasteiger partial charge >= 0.3 is 11.9 Å². The van der Waals surface area contributed by atoms with E-state index >= 15 is 0 Å². The van der Waals surface area contributed by atoms with Crippen LogP contribution in [0.5, 0.6) is 0 Å². The molecule has 0 spiro atoms. The zero-order chi connectivity index (χ0) is 17.9. The van der Waals surface area contributed by atoms with E-state index in [9.17, 15) is 14.4 Å². The lowest BCUT2D eigenvalue weighted by molar-refractivity contribution is -0.142. The average molecular weight is 331 g/mol. The van der Waals surface area contributed by atoms with Crippen molar-refractivity contribution >= 4 is 23.5 Å². The van der Waals surface area contributed by atoms with E-state index in [0.29, 0.717) is 11.3 Å². The molecular formula is C18H21NO5. The van der Waals surface area contributed by atoms with E-state index < -0.39 is 24.5 Å². The number of hydrogen-bond acceptors (Lipinski definition) is 5. The molecule has 0 heterocycles. The zero-order valence-electron chi connectivity index (χ0n) is 13.9. The molecule has 0 fully saturated rings. The maximum absolute atomic E-state index is 11.7. The fourth-order valence-corrected chi connectivity index (χ4v) is 1.60. The van der Waals surface area contributed by atoms with Crippen molar-refractivity contribution in [1.29, 1.82) is 0 Å². The quantitative estimate of drug-likeness (QED) is 0.472. The molecule has 0 aliphatic rings. The van der Waals surface area contributed by atoms with Gasteiger partial charge in [-0.2, -0.15) is 0 Å². The Labute approximate surface area is 141 Å². The Kier molecular flexibility index (Phi) is 7.98. The molecular weight excluding hydrogens is 310 g/mol. The monoisotopic (exact) mass is 331 g/mol. The van der Waals surface area contributed by atoms with Crippen molar-refractivity contribution in [3.8, 4) is 0 Å². The molecule has 0 aliphatic carbocycles. The fourth-order valence-electron chi connectivity index (χ4n) is 1.60. The summed E-state index contributed by atoms with van der Waals surface area (Å²) in [7, 11) is 0. The molecule has 6 nitrogen and oxygen atoms in total. The third kappa shape index (κ3) is 7.40. The highest BCUT2D eigenvalue weighted by Crippen LogP contribution is 2.11. The van der Waals surface area contributed by atoms with E-state index in [0.717, 1.165) is 0 Å². The van der Waals surface area contributed by atoms with Crippen LogP contribution in [0.15, 0.2) is 48.6 Å². The van der Waals surface area contributed by atoms with Gasteiger partial charge in [0.05, 0.1) is 11.7 Å². The van der Waals surface area contributed by atoms with Crippen LogP contribution in [0.25, 0.3) is 0 Å². The fraction of sp³-hybridized carbons (Fsp3) is 0.278. The SMILES string of the molecule is C/C=C/C=C/C(=O)OCC(=O)Nc1ccc(C(=O)OC(C)C)cc1. The van der Waals surface area contributed by atoms with Crippen LogP contribution in [0.4, 0.5) is 5.69 Å². The van der Waals surface area contributed by atoms with E-state index in [2.05, 4.69) is 5.32 Å². The second kappa shape index (κ2) is 9.99. The first-order chi connectivity index (χ1) is 11.4. The van der Waals surface area contributed by atoms with Crippen LogP contribution in [0, 0.1) is 0 Å². The van der Waals surface area contributed by atoms with Crippen molar-refractivity contribution in [2.75, 3.05) is 11.9 Å². The van der Waals surface area contributed by atoms with E-state index in [1.807, 2.05) is 6.92 Å². The summed E-state index contributed by atoms with van der Waals surface area (Å²) in [6.07, 6.45) is 5.98. The molecule has 24 heavy (non-hydrogen) atoms. The van der Waals surface area contributed by atoms with Crippen LogP contribution in [0.3, 0.4) is 0 Å². The minimum Gasteiger partial charge on any atom is -0.459 e. The lowest BCUT2D eigenvalue weighted by atomic mass is 10.2. The predicted octanol–water partition coefficient (Wildman–Crippen LogP) is 2.87. The summed E-state index contributed by atoms with van der Waals surface area (Å²) in [6, 6.07) is 6.24. The number of benzene rings is 1. The smallest absolute Gasteiger partial charge is 0.338 e. The summed E-state index contributed by atoms with van der Waals surface area (Å²) in [5, 5.41) is 2.57. The van der Waals surface area contributed by atoms with E-state index in [-0.39, 0.29) is 6.10 Å². The van der Waals surface area contributed by atoms with Gasteiger partial charge in [-0.05, 0) is 45.0 Å². The van der Waals surface area contributed by atoms with Crippen LogP contribution < -0.4 is 5.32 Å². The Hall–Kier alpha value is -2.89. The van der Waals surface area contributed by atoms with Gasteiger partial charge in [-0.25, -0.2) is 9.59 Å². The van der Waals surface area contributed by atoms with Crippen molar-refractivity contribution in [3.05, 3.63) is 54.1 Å². The highest BCUT2D eigenvalue weighted by molar-refractivity contribution is 5.95. The summed E-state index contributed by atoms with van der Waals surface area (Å²) < 4.78 is 9.85. The van der Waals surface area contributed by atoms with E-state index in [4.69, 9.17) is 9.47 Å². The van der Waals surface area contributed by atoms with Gasteiger partial charge in [-0.1, -0.05) is 18.2 Å². The van der Waals surface area contributed by atoms with Crippen LogP contribution in [0.1, 0.15) is 31.1 Å². The molecule has 0 radical (unpaired) electrons. The molecule has 1 amide bonds. The van der Waals surface area contributed by atoms with Crippen molar-refractivity contribution in [2.24, 2.45) is 0 Å². The molecule has 0 saturated heterocycles. The number of amides is 1. The minimum absolute atomic E-state index is 0.201. The Balaban J connectivity index is 2.47. The number of allylic oxidation sites excluding steroid dienone is 3. The number of esters is 2. The lowest BCUT2D eigenvalue weighted by Gasteiger charge is -2.09. The van der Waals surface area contributed by atoms with Gasteiger partial charge in [-0.15, -0.1) is 0 Å². The van der Waals surface area contributed by atoms with Crippen molar-refractivity contribution in [1.82, 2.24) is 0 Å². The second-order valence-electron chi connectivity index (χ2n) is 5.07. The van der Waals surface area contributed by atoms with Crippen LogP contribution in [-0.2, 0) is 19.1 Å². The Morgan fingerprint density at radius 3 is 2.38 bits per heavy atom. The summed E-state index contributed by atoms with van der Waals surface area (Å²) in [5.74, 6) is -1.50. The molecule has 6 heteroatoms. The van der Waals surface area contributed by atoms with Gasteiger partial charge in [0.25, 0.3) is 5.91 Å². The van der Waals surface area contributed by atoms with Crippen LogP contribution in [-0.4, -0.2) is 30.6 Å². The maximum atomic E-state index is 11.7. The Morgan fingerprint density at radius 1 is 1.12 bits per heavy atom. The number of nitrogens with one attached hydrogen (secondary N) is 1. The van der Waals surface area contributed by atoms with Gasteiger partial charge in [0.15, 0.2) is 6.61 Å². The summed E-state index contributed by atoms with van der Waals surface area (Å²) in [5.41, 5.74) is 0.879. The molecule has 0 saturated carbocycles. The molecule has 1 aromatic carbocycles. The number of ether oxygens (including phenoxy) is 2. The second-order valence-corrected chi connectivity index (χ2v) is 5.07. The van der Waals surface area contributed by atoms with Gasteiger partial charge in [0.2, 0.25) is 0 Å². The van der Waals surface area contributed by atoms with Gasteiger partial charge in [0, 0.05) is 11.8 Å². The van der Waals surface area contributed by atoms with Crippen molar-refractivity contribution < 1.29 is 23.9 Å². The molecule has 1 aromatic rings. The van der Waals surface area contributed by atoms with Crippen molar-refractivity contribution in [2.45, 2.75) is 26.9 Å². The predicted molar refractivity (Wildman–Crippen MR) is 90.5 cm³/mol. The van der Waals surface area contributed by atoms with Crippen molar-refractivity contribution in [3.63, 3.8) is 0 Å². The largest absolute Gasteiger partial charge is 0.459 e. The standard InChI is InChI=1S/C18H21NO5/c1-4-5-6-7-17(21)23-12-16(20)19-15-10-8-14(9-11-15)18(22)24-13(2)3/h4-11,13H,12H2,1-3H3,(H,19,20)/b5-4+,7-6+. The third-order valence-corrected chi connectivity index (χ3v) is 2.63. The van der Waals surface area contributed by atoms with E-state index in [1.165, 1.54) is 12.2 Å². The minimum atomic E-state index is -0.602. The highest BCUT2D eigenvalue weighted by atomic mass is 16.5. The topological polar surface area (TPSA) is 81.7 Å². The van der Waals surface area contributed by atoms with Gasteiger partial charge in [-0.3, -0.25) is 4.79 Å². The third-order valence-electron chi connectivity index (χ3n) is 2.63.